The first-order valence-electron chi connectivity index (χ1n) is 10.6. The fourth-order valence-electron chi connectivity index (χ4n) is 3.62. The number of rotatable bonds is 6. The van der Waals surface area contributed by atoms with E-state index in [1.165, 1.54) is 7.11 Å². The highest BCUT2D eigenvalue weighted by molar-refractivity contribution is 6.14. The van der Waals surface area contributed by atoms with E-state index in [2.05, 4.69) is 0 Å². The number of hydrogen-bond donors (Lipinski definition) is 0. The number of Topliss-reactive ketones (excluding diaryl/α,β-unsaturated/α-hetero) is 1. The molecule has 0 spiro atoms. The van der Waals surface area contributed by atoms with Crippen molar-refractivity contribution in [2.75, 3.05) is 20.5 Å². The van der Waals surface area contributed by atoms with Gasteiger partial charge in [-0.15, -0.1) is 0 Å². The van der Waals surface area contributed by atoms with E-state index in [1.807, 2.05) is 6.92 Å². The Kier molecular flexibility index (Phi) is 5.55. The third-order valence-corrected chi connectivity index (χ3v) is 5.25. The molecule has 172 valence electrons. The molecule has 0 fully saturated rings. The van der Waals surface area contributed by atoms with Crippen molar-refractivity contribution in [3.05, 3.63) is 77.0 Å². The van der Waals surface area contributed by atoms with Crippen molar-refractivity contribution in [3.63, 3.8) is 0 Å². The number of esters is 1. The zero-order valence-electron chi connectivity index (χ0n) is 18.5. The minimum atomic E-state index is -0.572. The van der Waals surface area contributed by atoms with Crippen LogP contribution in [0.15, 0.2) is 60.4 Å². The zero-order valence-corrected chi connectivity index (χ0v) is 18.5. The molecule has 0 aliphatic carbocycles. The molecule has 2 heterocycles. The predicted octanol–water partition coefficient (Wildman–Crippen LogP) is 4.66. The monoisotopic (exact) mass is 460 g/mol. The maximum Gasteiger partial charge on any atom is 0.343 e. The summed E-state index contributed by atoms with van der Waals surface area (Å²) in [4.78, 5) is 25.3. The average Bonchev–Trinajstić information content (AvgIpc) is 3.44. The Bertz CT molecular complexity index is 1320. The highest BCUT2D eigenvalue weighted by atomic mass is 16.7. The Morgan fingerprint density at radius 3 is 2.65 bits per heavy atom. The second kappa shape index (κ2) is 8.82. The SMILES string of the molecule is CCOc1ccc2c(c1)O/C(=C\c1ccc(OC(=O)c3ccc4c(c3)OCO4)c(OC)c1)C2=O. The van der Waals surface area contributed by atoms with Crippen LogP contribution >= 0.6 is 0 Å². The molecule has 3 aromatic carbocycles. The predicted molar refractivity (Wildman–Crippen MR) is 121 cm³/mol. The van der Waals surface area contributed by atoms with Gasteiger partial charge in [0.25, 0.3) is 0 Å². The third-order valence-electron chi connectivity index (χ3n) is 5.25. The molecule has 34 heavy (non-hydrogen) atoms. The number of ether oxygens (including phenoxy) is 6. The van der Waals surface area contributed by atoms with Crippen LogP contribution < -0.4 is 28.4 Å². The van der Waals surface area contributed by atoms with Gasteiger partial charge in [0.05, 0.1) is 24.8 Å². The molecular weight excluding hydrogens is 440 g/mol. The first kappa shape index (κ1) is 21.4. The lowest BCUT2D eigenvalue weighted by molar-refractivity contribution is 0.0729. The molecule has 0 unspecified atom stereocenters. The minimum absolute atomic E-state index is 0.115. The third kappa shape index (κ3) is 4.01. The Labute approximate surface area is 195 Å². The lowest BCUT2D eigenvalue weighted by atomic mass is 10.1. The van der Waals surface area contributed by atoms with Gasteiger partial charge < -0.3 is 28.4 Å². The molecule has 0 atom stereocenters. The molecule has 5 rings (SSSR count). The van der Waals surface area contributed by atoms with Gasteiger partial charge >= 0.3 is 5.97 Å². The summed E-state index contributed by atoms with van der Waals surface area (Å²) < 4.78 is 32.7. The summed E-state index contributed by atoms with van der Waals surface area (Å²) in [5, 5.41) is 0. The molecule has 0 bridgehead atoms. The van der Waals surface area contributed by atoms with E-state index in [0.717, 1.165) is 0 Å². The molecule has 8 heteroatoms. The summed E-state index contributed by atoms with van der Waals surface area (Å²) in [7, 11) is 1.46. The van der Waals surface area contributed by atoms with E-state index in [-0.39, 0.29) is 24.1 Å². The number of hydrogen-bond acceptors (Lipinski definition) is 8. The second-order valence-corrected chi connectivity index (χ2v) is 7.40. The van der Waals surface area contributed by atoms with E-state index in [9.17, 15) is 9.59 Å². The van der Waals surface area contributed by atoms with Crippen LogP contribution in [0.25, 0.3) is 6.08 Å². The molecule has 2 aliphatic rings. The highest BCUT2D eigenvalue weighted by Crippen LogP contribution is 2.37. The van der Waals surface area contributed by atoms with Gasteiger partial charge in [0.15, 0.2) is 28.8 Å². The number of benzene rings is 3. The summed E-state index contributed by atoms with van der Waals surface area (Å²) in [6.07, 6.45) is 1.61. The highest BCUT2D eigenvalue weighted by Gasteiger charge is 2.28. The van der Waals surface area contributed by atoms with Crippen LogP contribution in [0.1, 0.15) is 33.2 Å². The summed E-state index contributed by atoms with van der Waals surface area (Å²) in [5.74, 6) is 2.07. The number of ketones is 1. The number of fused-ring (bicyclic) bond motifs is 2. The molecule has 2 aliphatic heterocycles. The molecule has 0 aromatic heterocycles. The normalized spacial score (nSPS) is 14.5. The molecule has 0 saturated heterocycles. The minimum Gasteiger partial charge on any atom is -0.494 e. The van der Waals surface area contributed by atoms with Crippen LogP contribution in [0.5, 0.6) is 34.5 Å². The van der Waals surface area contributed by atoms with Gasteiger partial charge in [-0.1, -0.05) is 6.07 Å². The van der Waals surface area contributed by atoms with E-state index in [1.54, 1.807) is 60.7 Å². The fourth-order valence-corrected chi connectivity index (χ4v) is 3.62. The van der Waals surface area contributed by atoms with Crippen LogP contribution in [-0.4, -0.2) is 32.3 Å². The second-order valence-electron chi connectivity index (χ2n) is 7.40. The van der Waals surface area contributed by atoms with Crippen LogP contribution in [0, 0.1) is 0 Å². The summed E-state index contributed by atoms with van der Waals surface area (Å²) >= 11 is 0. The number of carbonyl (C=O) groups is 2. The van der Waals surface area contributed by atoms with Crippen LogP contribution in [0.3, 0.4) is 0 Å². The van der Waals surface area contributed by atoms with Gasteiger partial charge in [0, 0.05) is 6.07 Å². The molecule has 0 amide bonds. The molecule has 8 nitrogen and oxygen atoms in total. The van der Waals surface area contributed by atoms with Crippen molar-refractivity contribution in [1.82, 2.24) is 0 Å². The van der Waals surface area contributed by atoms with E-state index < -0.39 is 5.97 Å². The fraction of sp³-hybridized carbons (Fsp3) is 0.154. The Morgan fingerprint density at radius 2 is 1.82 bits per heavy atom. The Hall–Kier alpha value is -4.46. The average molecular weight is 460 g/mol. The van der Waals surface area contributed by atoms with Gasteiger partial charge in [-0.05, 0) is 61.0 Å². The molecular formula is C26H20O8. The van der Waals surface area contributed by atoms with Crippen molar-refractivity contribution in [3.8, 4) is 34.5 Å². The quantitative estimate of drug-likeness (QED) is 0.298. The van der Waals surface area contributed by atoms with E-state index in [4.69, 9.17) is 28.4 Å². The first-order valence-corrected chi connectivity index (χ1v) is 10.6. The van der Waals surface area contributed by atoms with Gasteiger partial charge in [-0.2, -0.15) is 0 Å². The smallest absolute Gasteiger partial charge is 0.343 e. The van der Waals surface area contributed by atoms with Gasteiger partial charge in [0.2, 0.25) is 12.6 Å². The lowest BCUT2D eigenvalue weighted by Gasteiger charge is -2.10. The van der Waals surface area contributed by atoms with Crippen molar-refractivity contribution < 1.29 is 38.0 Å². The van der Waals surface area contributed by atoms with Crippen molar-refractivity contribution in [2.24, 2.45) is 0 Å². The summed E-state index contributed by atoms with van der Waals surface area (Å²) in [6, 6.07) is 14.9. The zero-order chi connectivity index (χ0) is 23.7. The van der Waals surface area contributed by atoms with Crippen molar-refractivity contribution in [1.29, 1.82) is 0 Å². The first-order chi connectivity index (χ1) is 16.6. The maximum absolute atomic E-state index is 12.7. The van der Waals surface area contributed by atoms with Gasteiger partial charge in [-0.25, -0.2) is 4.79 Å². The summed E-state index contributed by atoms with van der Waals surface area (Å²) in [6.45, 7) is 2.51. The van der Waals surface area contributed by atoms with Gasteiger partial charge in [-0.3, -0.25) is 4.79 Å². The Balaban J connectivity index is 1.35. The number of methoxy groups -OCH3 is 1. The van der Waals surface area contributed by atoms with E-state index in [0.29, 0.717) is 52.0 Å². The molecule has 0 radical (unpaired) electrons. The summed E-state index contributed by atoms with van der Waals surface area (Å²) in [5.41, 5.74) is 1.42. The van der Waals surface area contributed by atoms with Crippen molar-refractivity contribution >= 4 is 17.8 Å². The number of carbonyl (C=O) groups excluding carboxylic acids is 2. The van der Waals surface area contributed by atoms with Crippen LogP contribution in [-0.2, 0) is 0 Å². The standard InChI is InChI=1S/C26H20O8/c1-3-30-17-6-7-18-21(13-17)33-24(25(18)27)11-15-4-8-20(22(10-15)29-2)34-26(28)16-5-9-19-23(12-16)32-14-31-19/h4-13H,3,14H2,1-2H3/b24-11-. The maximum atomic E-state index is 12.7. The van der Waals surface area contributed by atoms with Crippen LogP contribution in [0.4, 0.5) is 0 Å². The molecule has 0 N–H and O–H groups in total. The van der Waals surface area contributed by atoms with Gasteiger partial charge in [0.1, 0.15) is 11.5 Å². The molecule has 0 saturated carbocycles. The largest absolute Gasteiger partial charge is 0.494 e. The van der Waals surface area contributed by atoms with Crippen LogP contribution in [0.2, 0.25) is 0 Å². The number of allylic oxidation sites excluding steroid dienone is 1. The van der Waals surface area contributed by atoms with Crippen molar-refractivity contribution in [2.45, 2.75) is 6.92 Å². The topological polar surface area (TPSA) is 89.5 Å². The lowest BCUT2D eigenvalue weighted by Crippen LogP contribution is -2.09. The molecule has 3 aromatic rings. The van der Waals surface area contributed by atoms with E-state index >= 15 is 0 Å². The Morgan fingerprint density at radius 1 is 0.971 bits per heavy atom.